The van der Waals surface area contributed by atoms with Crippen molar-refractivity contribution < 1.29 is 24.1 Å². The van der Waals surface area contributed by atoms with Crippen molar-refractivity contribution in [3.63, 3.8) is 0 Å². The van der Waals surface area contributed by atoms with Gasteiger partial charge in [0.05, 0.1) is 19.3 Å². The van der Waals surface area contributed by atoms with Crippen molar-refractivity contribution in [1.82, 2.24) is 4.90 Å². The first-order chi connectivity index (χ1) is 7.68. The maximum atomic E-state index is 14.0. The number of carbonyl (C=O) groups excluding carboxylic acids is 1. The van der Waals surface area contributed by atoms with Gasteiger partial charge >= 0.3 is 6.09 Å². The molecule has 1 aliphatic rings. The van der Waals surface area contributed by atoms with Gasteiger partial charge in [-0.2, -0.15) is 0 Å². The standard InChI is InChI=1S/C11H20FNO4/c1-10(2,3)17-9(16)13-5-4-8(15)11(12,6-13)7-14/h8,14-15H,4-7H2,1-3H3. The molecule has 6 heteroatoms. The number of rotatable bonds is 1. The molecule has 1 saturated heterocycles. The number of aliphatic hydroxyl groups is 2. The Hall–Kier alpha value is -0.880. The Morgan fingerprint density at radius 2 is 2.18 bits per heavy atom. The van der Waals surface area contributed by atoms with Gasteiger partial charge < -0.3 is 19.8 Å². The maximum Gasteiger partial charge on any atom is 0.410 e. The molecule has 1 amide bonds. The Kier molecular flexibility index (Phi) is 3.99. The van der Waals surface area contributed by atoms with Crippen LogP contribution in [-0.2, 0) is 4.74 Å². The van der Waals surface area contributed by atoms with Crippen LogP contribution in [0.5, 0.6) is 0 Å². The van der Waals surface area contributed by atoms with Crippen LogP contribution in [0.15, 0.2) is 0 Å². The Morgan fingerprint density at radius 1 is 1.59 bits per heavy atom. The average Bonchev–Trinajstić information content (AvgIpc) is 2.19. The number of ether oxygens (including phenoxy) is 1. The molecule has 0 spiro atoms. The molecule has 0 saturated carbocycles. The number of nitrogens with zero attached hydrogens (tertiary/aromatic N) is 1. The van der Waals surface area contributed by atoms with E-state index in [1.165, 1.54) is 4.90 Å². The summed E-state index contributed by atoms with van der Waals surface area (Å²) in [5.74, 6) is 0. The third-order valence-corrected chi connectivity index (χ3v) is 2.64. The normalized spacial score (nSPS) is 30.2. The first-order valence-corrected chi connectivity index (χ1v) is 5.64. The summed E-state index contributed by atoms with van der Waals surface area (Å²) in [6, 6.07) is 0. The minimum atomic E-state index is -2.16. The van der Waals surface area contributed by atoms with Crippen LogP contribution in [0.3, 0.4) is 0 Å². The largest absolute Gasteiger partial charge is 0.444 e. The van der Waals surface area contributed by atoms with E-state index in [1.807, 2.05) is 0 Å². The first kappa shape index (κ1) is 14.2. The highest BCUT2D eigenvalue weighted by Crippen LogP contribution is 2.26. The third kappa shape index (κ3) is 3.54. The number of piperidine rings is 1. The number of amides is 1. The van der Waals surface area contributed by atoms with Crippen LogP contribution >= 0.6 is 0 Å². The van der Waals surface area contributed by atoms with Gasteiger partial charge in [-0.3, -0.25) is 0 Å². The van der Waals surface area contributed by atoms with Crippen molar-refractivity contribution in [2.75, 3.05) is 19.7 Å². The molecule has 0 bridgehead atoms. The van der Waals surface area contributed by atoms with Gasteiger partial charge in [-0.1, -0.05) is 0 Å². The van der Waals surface area contributed by atoms with E-state index in [0.717, 1.165) is 0 Å². The molecule has 1 aliphatic heterocycles. The fourth-order valence-corrected chi connectivity index (χ4v) is 1.68. The van der Waals surface area contributed by atoms with Crippen molar-refractivity contribution in [2.45, 2.75) is 44.6 Å². The molecule has 0 aromatic carbocycles. The summed E-state index contributed by atoms with van der Waals surface area (Å²) in [4.78, 5) is 12.9. The molecule has 0 aromatic heterocycles. The van der Waals surface area contributed by atoms with E-state index in [-0.39, 0.29) is 19.5 Å². The summed E-state index contributed by atoms with van der Waals surface area (Å²) in [6.07, 6.45) is -1.78. The number of hydrogen-bond donors (Lipinski definition) is 2. The second-order valence-corrected chi connectivity index (χ2v) is 5.40. The van der Waals surface area contributed by atoms with Crippen LogP contribution in [0.25, 0.3) is 0 Å². The summed E-state index contributed by atoms with van der Waals surface area (Å²) in [7, 11) is 0. The van der Waals surface area contributed by atoms with Gasteiger partial charge in [-0.15, -0.1) is 0 Å². The number of aliphatic hydroxyl groups excluding tert-OH is 2. The van der Waals surface area contributed by atoms with Gasteiger partial charge in [-0.25, -0.2) is 9.18 Å². The average molecular weight is 249 g/mol. The van der Waals surface area contributed by atoms with E-state index in [9.17, 15) is 14.3 Å². The number of likely N-dealkylation sites (tertiary alicyclic amines) is 1. The van der Waals surface area contributed by atoms with Crippen molar-refractivity contribution >= 4 is 6.09 Å². The van der Waals surface area contributed by atoms with Crippen molar-refractivity contribution in [3.05, 3.63) is 0 Å². The Morgan fingerprint density at radius 3 is 2.65 bits per heavy atom. The van der Waals surface area contributed by atoms with Crippen LogP contribution in [0.2, 0.25) is 0 Å². The topological polar surface area (TPSA) is 70.0 Å². The van der Waals surface area contributed by atoms with E-state index >= 15 is 0 Å². The van der Waals surface area contributed by atoms with Crippen molar-refractivity contribution in [1.29, 1.82) is 0 Å². The SMILES string of the molecule is CC(C)(C)OC(=O)N1CCC(O)C(F)(CO)C1. The summed E-state index contributed by atoms with van der Waals surface area (Å²) >= 11 is 0. The maximum absolute atomic E-state index is 14.0. The molecule has 1 rings (SSSR count). The van der Waals surface area contributed by atoms with Crippen LogP contribution < -0.4 is 0 Å². The lowest BCUT2D eigenvalue weighted by atomic mass is 9.92. The lowest BCUT2D eigenvalue weighted by molar-refractivity contribution is -0.0942. The Balaban J connectivity index is 2.66. The number of carbonyl (C=O) groups is 1. The van der Waals surface area contributed by atoms with Gasteiger partial charge in [0.1, 0.15) is 5.60 Å². The number of alkyl halides is 1. The summed E-state index contributed by atoms with van der Waals surface area (Å²) < 4.78 is 19.1. The van der Waals surface area contributed by atoms with Gasteiger partial charge in [-0.05, 0) is 27.2 Å². The van der Waals surface area contributed by atoms with Gasteiger partial charge in [0.2, 0.25) is 0 Å². The fourth-order valence-electron chi connectivity index (χ4n) is 1.68. The van der Waals surface area contributed by atoms with E-state index in [1.54, 1.807) is 20.8 Å². The molecular formula is C11H20FNO4. The highest BCUT2D eigenvalue weighted by atomic mass is 19.1. The van der Waals surface area contributed by atoms with Crippen LogP contribution in [0.4, 0.5) is 9.18 Å². The highest BCUT2D eigenvalue weighted by Gasteiger charge is 2.45. The van der Waals surface area contributed by atoms with Gasteiger partial charge in [0, 0.05) is 6.54 Å². The number of hydrogen-bond acceptors (Lipinski definition) is 4. The van der Waals surface area contributed by atoms with Gasteiger partial charge in [0.25, 0.3) is 0 Å². The molecule has 5 nitrogen and oxygen atoms in total. The van der Waals surface area contributed by atoms with E-state index in [2.05, 4.69) is 0 Å². The molecule has 2 unspecified atom stereocenters. The minimum Gasteiger partial charge on any atom is -0.444 e. The van der Waals surface area contributed by atoms with Crippen molar-refractivity contribution in [3.8, 4) is 0 Å². The van der Waals surface area contributed by atoms with Gasteiger partial charge in [0.15, 0.2) is 5.67 Å². The second-order valence-electron chi connectivity index (χ2n) is 5.40. The molecule has 17 heavy (non-hydrogen) atoms. The zero-order valence-electron chi connectivity index (χ0n) is 10.4. The van der Waals surface area contributed by atoms with E-state index < -0.39 is 30.1 Å². The monoisotopic (exact) mass is 249 g/mol. The zero-order valence-corrected chi connectivity index (χ0v) is 10.4. The number of halogens is 1. The summed E-state index contributed by atoms with van der Waals surface area (Å²) in [5, 5.41) is 18.4. The molecule has 0 aliphatic carbocycles. The molecule has 2 N–H and O–H groups in total. The minimum absolute atomic E-state index is 0.0936. The molecule has 100 valence electrons. The Bertz CT molecular complexity index is 292. The highest BCUT2D eigenvalue weighted by molar-refractivity contribution is 5.68. The first-order valence-electron chi connectivity index (χ1n) is 5.64. The molecule has 0 aromatic rings. The second kappa shape index (κ2) is 4.78. The van der Waals surface area contributed by atoms with Crippen LogP contribution in [0.1, 0.15) is 27.2 Å². The summed E-state index contributed by atoms with van der Waals surface area (Å²) in [6.45, 7) is 4.23. The third-order valence-electron chi connectivity index (χ3n) is 2.64. The van der Waals surface area contributed by atoms with Crippen LogP contribution in [0, 0.1) is 0 Å². The molecule has 2 atom stereocenters. The fraction of sp³-hybridized carbons (Fsp3) is 0.909. The Labute approximate surface area is 100 Å². The van der Waals surface area contributed by atoms with Crippen LogP contribution in [-0.4, -0.2) is 58.3 Å². The van der Waals surface area contributed by atoms with Crippen molar-refractivity contribution in [2.24, 2.45) is 0 Å². The smallest absolute Gasteiger partial charge is 0.410 e. The molecule has 0 radical (unpaired) electrons. The van der Waals surface area contributed by atoms with E-state index in [0.29, 0.717) is 0 Å². The predicted molar refractivity (Wildman–Crippen MR) is 59.4 cm³/mol. The predicted octanol–water partition coefficient (Wildman–Crippen LogP) is 0.689. The molecule has 1 heterocycles. The lowest BCUT2D eigenvalue weighted by Gasteiger charge is -2.40. The zero-order chi connectivity index (χ0) is 13.3. The lowest BCUT2D eigenvalue weighted by Crippen LogP contribution is -2.58. The molecular weight excluding hydrogens is 229 g/mol. The molecule has 1 fully saturated rings. The summed E-state index contributed by atoms with van der Waals surface area (Å²) in [5.41, 5.74) is -2.81. The quantitative estimate of drug-likeness (QED) is 0.717. The van der Waals surface area contributed by atoms with E-state index in [4.69, 9.17) is 9.84 Å².